The molecule has 6 heteroatoms. The molecule has 1 fully saturated rings. The molecule has 0 aliphatic carbocycles. The topological polar surface area (TPSA) is 65.5 Å². The maximum Gasteiger partial charge on any atom is 0.251 e. The van der Waals surface area contributed by atoms with Gasteiger partial charge in [0, 0.05) is 63.3 Å². The number of amides is 2. The van der Waals surface area contributed by atoms with Crippen LogP contribution >= 0.6 is 0 Å². The molecule has 1 aromatic heterocycles. The Morgan fingerprint density at radius 1 is 1.11 bits per heavy atom. The van der Waals surface area contributed by atoms with Crippen molar-refractivity contribution < 1.29 is 9.59 Å². The molecule has 2 heterocycles. The summed E-state index contributed by atoms with van der Waals surface area (Å²) < 4.78 is 0. The van der Waals surface area contributed by atoms with Crippen molar-refractivity contribution in [3.63, 3.8) is 0 Å². The molecule has 0 bridgehead atoms. The van der Waals surface area contributed by atoms with Crippen molar-refractivity contribution in [1.29, 1.82) is 0 Å². The van der Waals surface area contributed by atoms with Gasteiger partial charge in [0.2, 0.25) is 5.91 Å². The average Bonchev–Trinajstić information content (AvgIpc) is 3.23. The Morgan fingerprint density at radius 3 is 2.56 bits per heavy atom. The van der Waals surface area contributed by atoms with Gasteiger partial charge in [-0.05, 0) is 36.6 Å². The smallest absolute Gasteiger partial charge is 0.251 e. The van der Waals surface area contributed by atoms with Gasteiger partial charge >= 0.3 is 0 Å². The van der Waals surface area contributed by atoms with E-state index in [4.69, 9.17) is 0 Å². The second kappa shape index (κ2) is 9.16. The summed E-state index contributed by atoms with van der Waals surface area (Å²) in [5.74, 6) is -0.173. The fourth-order valence-electron chi connectivity index (χ4n) is 3.33. The summed E-state index contributed by atoms with van der Waals surface area (Å²) in [5, 5.41) is 2.78. The van der Waals surface area contributed by atoms with E-state index in [-0.39, 0.29) is 18.2 Å². The Bertz CT molecular complexity index is 773. The number of pyridine rings is 1. The number of rotatable bonds is 7. The molecule has 1 aliphatic heterocycles. The first-order valence-electron chi connectivity index (χ1n) is 9.40. The summed E-state index contributed by atoms with van der Waals surface area (Å²) in [6.45, 7) is 3.05. The normalized spacial score (nSPS) is 13.4. The Hall–Kier alpha value is -2.89. The molecular formula is C21H26N4O2. The van der Waals surface area contributed by atoms with E-state index in [2.05, 4.69) is 27.3 Å². The third-order valence-electron chi connectivity index (χ3n) is 4.84. The molecule has 0 radical (unpaired) electrons. The lowest BCUT2D eigenvalue weighted by molar-refractivity contribution is -0.130. The number of aromatic nitrogens is 1. The quantitative estimate of drug-likeness (QED) is 0.817. The minimum absolute atomic E-state index is 0.0150. The summed E-state index contributed by atoms with van der Waals surface area (Å²) in [7, 11) is 1.81. The van der Waals surface area contributed by atoms with Gasteiger partial charge < -0.3 is 15.1 Å². The predicted octanol–water partition coefficient (Wildman–Crippen LogP) is 2.46. The molecule has 27 heavy (non-hydrogen) atoms. The van der Waals surface area contributed by atoms with Crippen molar-refractivity contribution >= 4 is 17.5 Å². The van der Waals surface area contributed by atoms with Crippen LogP contribution in [0.25, 0.3) is 0 Å². The van der Waals surface area contributed by atoms with Gasteiger partial charge in [-0.2, -0.15) is 0 Å². The molecule has 0 unspecified atom stereocenters. The van der Waals surface area contributed by atoms with E-state index in [9.17, 15) is 9.59 Å². The lowest BCUT2D eigenvalue weighted by atomic mass is 10.1. The van der Waals surface area contributed by atoms with Gasteiger partial charge in [-0.15, -0.1) is 0 Å². The molecule has 1 aliphatic rings. The summed E-state index contributed by atoms with van der Waals surface area (Å²) in [6, 6.07) is 11.6. The van der Waals surface area contributed by atoms with Crippen LogP contribution in [0.2, 0.25) is 0 Å². The first kappa shape index (κ1) is 18.9. The number of para-hydroxylation sites is 1. The molecule has 3 rings (SSSR count). The van der Waals surface area contributed by atoms with E-state index < -0.39 is 0 Å². The number of carbonyl (C=O) groups excluding carboxylic acids is 2. The number of hydrogen-bond donors (Lipinski definition) is 1. The van der Waals surface area contributed by atoms with Crippen LogP contribution in [0.3, 0.4) is 0 Å². The van der Waals surface area contributed by atoms with Gasteiger partial charge in [-0.1, -0.05) is 18.2 Å². The lowest BCUT2D eigenvalue weighted by Gasteiger charge is -2.24. The highest BCUT2D eigenvalue weighted by molar-refractivity contribution is 5.94. The number of benzene rings is 1. The zero-order valence-corrected chi connectivity index (χ0v) is 15.7. The highest BCUT2D eigenvalue weighted by atomic mass is 16.2. The van der Waals surface area contributed by atoms with Gasteiger partial charge in [0.15, 0.2) is 0 Å². The molecular weight excluding hydrogens is 340 g/mol. The van der Waals surface area contributed by atoms with Crippen molar-refractivity contribution in [1.82, 2.24) is 15.2 Å². The van der Waals surface area contributed by atoms with Crippen molar-refractivity contribution in [3.05, 3.63) is 59.9 Å². The largest absolute Gasteiger partial charge is 0.371 e. The van der Waals surface area contributed by atoms with E-state index in [1.54, 1.807) is 29.4 Å². The average molecular weight is 366 g/mol. The summed E-state index contributed by atoms with van der Waals surface area (Å²) in [4.78, 5) is 32.5. The van der Waals surface area contributed by atoms with E-state index in [1.165, 1.54) is 18.5 Å². The molecule has 2 amide bonds. The van der Waals surface area contributed by atoms with Crippen LogP contribution in [-0.2, 0) is 11.3 Å². The van der Waals surface area contributed by atoms with Crippen molar-refractivity contribution in [2.24, 2.45) is 0 Å². The third kappa shape index (κ3) is 5.06. The molecule has 2 aromatic rings. The number of carbonyl (C=O) groups is 2. The summed E-state index contributed by atoms with van der Waals surface area (Å²) >= 11 is 0. The Balaban J connectivity index is 1.50. The van der Waals surface area contributed by atoms with Crippen LogP contribution in [0.4, 0.5) is 5.69 Å². The van der Waals surface area contributed by atoms with E-state index in [0.29, 0.717) is 18.7 Å². The zero-order chi connectivity index (χ0) is 19.1. The molecule has 1 aromatic carbocycles. The molecule has 0 saturated carbocycles. The second-order valence-corrected chi connectivity index (χ2v) is 6.81. The molecule has 6 nitrogen and oxygen atoms in total. The maximum atomic E-state index is 12.4. The number of nitrogens with zero attached hydrogens (tertiary/aromatic N) is 3. The molecule has 1 saturated heterocycles. The van der Waals surface area contributed by atoms with Gasteiger partial charge in [-0.25, -0.2) is 0 Å². The molecule has 142 valence electrons. The van der Waals surface area contributed by atoms with E-state index in [0.717, 1.165) is 18.7 Å². The maximum absolute atomic E-state index is 12.4. The molecule has 0 spiro atoms. The monoisotopic (exact) mass is 366 g/mol. The van der Waals surface area contributed by atoms with Crippen molar-refractivity contribution in [2.45, 2.75) is 25.8 Å². The Kier molecular flexibility index (Phi) is 6.41. The summed E-state index contributed by atoms with van der Waals surface area (Å²) in [5.41, 5.74) is 2.93. The number of hydrogen-bond acceptors (Lipinski definition) is 4. The SMILES string of the molecule is CN(Cc1ccccc1N1CCCC1)C(=O)CCNC(=O)c1ccncc1. The zero-order valence-electron chi connectivity index (χ0n) is 15.7. The van der Waals surface area contributed by atoms with Crippen LogP contribution in [0.5, 0.6) is 0 Å². The van der Waals surface area contributed by atoms with Crippen LogP contribution in [0.1, 0.15) is 35.2 Å². The van der Waals surface area contributed by atoms with Crippen LogP contribution in [0.15, 0.2) is 48.8 Å². The highest BCUT2D eigenvalue weighted by Crippen LogP contribution is 2.25. The van der Waals surface area contributed by atoms with Crippen LogP contribution in [0, 0.1) is 0 Å². The molecule has 0 atom stereocenters. The first-order valence-corrected chi connectivity index (χ1v) is 9.40. The number of anilines is 1. The highest BCUT2D eigenvalue weighted by Gasteiger charge is 2.17. The second-order valence-electron chi connectivity index (χ2n) is 6.81. The van der Waals surface area contributed by atoms with Gasteiger partial charge in [-0.3, -0.25) is 14.6 Å². The Morgan fingerprint density at radius 2 is 1.81 bits per heavy atom. The van der Waals surface area contributed by atoms with E-state index >= 15 is 0 Å². The van der Waals surface area contributed by atoms with Gasteiger partial charge in [0.25, 0.3) is 5.91 Å². The first-order chi connectivity index (χ1) is 13.1. The van der Waals surface area contributed by atoms with Gasteiger partial charge in [0.05, 0.1) is 0 Å². The third-order valence-corrected chi connectivity index (χ3v) is 4.84. The minimum Gasteiger partial charge on any atom is -0.371 e. The van der Waals surface area contributed by atoms with Crippen LogP contribution < -0.4 is 10.2 Å². The molecule has 1 N–H and O–H groups in total. The lowest BCUT2D eigenvalue weighted by Crippen LogP contribution is -2.32. The van der Waals surface area contributed by atoms with Gasteiger partial charge in [0.1, 0.15) is 0 Å². The number of nitrogens with one attached hydrogen (secondary N) is 1. The predicted molar refractivity (Wildman–Crippen MR) is 106 cm³/mol. The van der Waals surface area contributed by atoms with Crippen molar-refractivity contribution in [3.8, 4) is 0 Å². The summed E-state index contributed by atoms with van der Waals surface area (Å²) in [6.07, 6.45) is 5.87. The van der Waals surface area contributed by atoms with Crippen molar-refractivity contribution in [2.75, 3.05) is 31.6 Å². The fourth-order valence-corrected chi connectivity index (χ4v) is 3.33. The van der Waals surface area contributed by atoms with E-state index in [1.807, 2.05) is 19.2 Å². The standard InChI is InChI=1S/C21H26N4O2/c1-24(16-18-6-2-3-7-19(18)25-14-4-5-15-25)20(26)10-13-23-21(27)17-8-11-22-12-9-17/h2-3,6-9,11-12H,4-5,10,13-16H2,1H3,(H,23,27). The fraction of sp³-hybridized carbons (Fsp3) is 0.381. The Labute approximate surface area is 160 Å². The van der Waals surface area contributed by atoms with Crippen LogP contribution in [-0.4, -0.2) is 48.4 Å². The minimum atomic E-state index is -0.188.